The van der Waals surface area contributed by atoms with Crippen molar-refractivity contribution < 1.29 is 14.3 Å². The second-order valence-electron chi connectivity index (χ2n) is 6.67. The Morgan fingerprint density at radius 3 is 2.71 bits per heavy atom. The predicted molar refractivity (Wildman–Crippen MR) is 112 cm³/mol. The van der Waals surface area contributed by atoms with Gasteiger partial charge in [-0.15, -0.1) is 0 Å². The Hall–Kier alpha value is -2.60. The largest absolute Gasteiger partial charge is 0.469 e. The number of carbonyl (C=O) groups excluding carboxylic acids is 2. The van der Waals surface area contributed by atoms with Crippen LogP contribution in [0.15, 0.2) is 47.5 Å². The van der Waals surface area contributed by atoms with Gasteiger partial charge in [-0.05, 0) is 38.5 Å². The van der Waals surface area contributed by atoms with Crippen LogP contribution in [0, 0.1) is 13.8 Å². The van der Waals surface area contributed by atoms with Crippen LogP contribution < -0.4 is 0 Å². The highest BCUT2D eigenvalue weighted by Crippen LogP contribution is 2.23. The first-order chi connectivity index (χ1) is 13.5. The number of nitrogens with zero attached hydrogens (tertiary/aromatic N) is 2. The van der Waals surface area contributed by atoms with Gasteiger partial charge < -0.3 is 9.30 Å². The van der Waals surface area contributed by atoms with Crippen molar-refractivity contribution in [2.75, 3.05) is 12.9 Å². The number of benzene rings is 1. The first-order valence-electron chi connectivity index (χ1n) is 9.25. The average molecular weight is 397 g/mol. The van der Waals surface area contributed by atoms with Crippen molar-refractivity contribution in [3.05, 3.63) is 59.4 Å². The van der Waals surface area contributed by atoms with Crippen LogP contribution in [0.1, 0.15) is 34.6 Å². The molecule has 0 spiro atoms. The van der Waals surface area contributed by atoms with Gasteiger partial charge in [-0.25, -0.2) is 4.98 Å². The first-order valence-corrected chi connectivity index (χ1v) is 10.2. The Kier molecular flexibility index (Phi) is 6.52. The molecule has 0 radical (unpaired) electrons. The van der Waals surface area contributed by atoms with Crippen molar-refractivity contribution in [2.45, 2.75) is 38.3 Å². The lowest BCUT2D eigenvalue weighted by Crippen LogP contribution is -2.08. The smallest absolute Gasteiger partial charge is 0.305 e. The number of esters is 1. The number of hydrogen-bond acceptors (Lipinski definition) is 5. The van der Waals surface area contributed by atoms with Crippen LogP contribution in [0.3, 0.4) is 0 Å². The van der Waals surface area contributed by atoms with E-state index in [1.165, 1.54) is 18.9 Å². The Balaban J connectivity index is 1.65. The molecule has 0 aliphatic rings. The fourth-order valence-electron chi connectivity index (χ4n) is 3.26. The van der Waals surface area contributed by atoms with Crippen LogP contribution in [0.5, 0.6) is 0 Å². The Labute approximate surface area is 169 Å². The first kappa shape index (κ1) is 20.1. The number of para-hydroxylation sites is 1. The van der Waals surface area contributed by atoms with Gasteiger partial charge >= 0.3 is 5.97 Å². The highest BCUT2D eigenvalue weighted by molar-refractivity contribution is 7.99. The minimum Gasteiger partial charge on any atom is -0.469 e. The van der Waals surface area contributed by atoms with Crippen LogP contribution in [0.2, 0.25) is 0 Å². The van der Waals surface area contributed by atoms with Crippen molar-refractivity contribution in [1.82, 2.24) is 9.55 Å². The van der Waals surface area contributed by atoms with E-state index in [1.807, 2.05) is 56.3 Å². The molecule has 0 bridgehead atoms. The molecule has 6 heteroatoms. The molecular formula is C22H24N2O3S. The minimum absolute atomic E-state index is 0.0901. The number of rotatable bonds is 8. The molecule has 0 atom stereocenters. The van der Waals surface area contributed by atoms with E-state index < -0.39 is 0 Å². The molecule has 0 N–H and O–H groups in total. The standard InChI is InChI=1S/C22H24N2O3S/c1-15-13-18(16(2)24(15)12-6-9-22(26)27-3)20(25)14-28-21-11-10-17-7-4-5-8-19(17)23-21/h4-5,7-8,10-11,13H,6,9,12,14H2,1-3H3. The van der Waals surface area contributed by atoms with Crippen LogP contribution in [-0.2, 0) is 16.1 Å². The lowest BCUT2D eigenvalue weighted by atomic mass is 10.2. The van der Waals surface area contributed by atoms with E-state index in [-0.39, 0.29) is 11.8 Å². The highest BCUT2D eigenvalue weighted by atomic mass is 32.2. The van der Waals surface area contributed by atoms with Crippen molar-refractivity contribution >= 4 is 34.4 Å². The van der Waals surface area contributed by atoms with E-state index in [4.69, 9.17) is 0 Å². The number of ether oxygens (including phenoxy) is 1. The molecule has 146 valence electrons. The van der Waals surface area contributed by atoms with E-state index in [0.29, 0.717) is 25.1 Å². The third-order valence-corrected chi connectivity index (χ3v) is 5.72. The van der Waals surface area contributed by atoms with Gasteiger partial charge in [0.1, 0.15) is 0 Å². The van der Waals surface area contributed by atoms with Gasteiger partial charge in [-0.2, -0.15) is 0 Å². The number of methoxy groups -OCH3 is 1. The summed E-state index contributed by atoms with van der Waals surface area (Å²) in [4.78, 5) is 28.7. The van der Waals surface area contributed by atoms with Gasteiger partial charge in [0, 0.05) is 35.3 Å². The topological polar surface area (TPSA) is 61.2 Å². The number of ketones is 1. The van der Waals surface area contributed by atoms with Crippen molar-refractivity contribution in [2.24, 2.45) is 0 Å². The number of pyridine rings is 1. The predicted octanol–water partition coefficient (Wildman–Crippen LogP) is 4.58. The van der Waals surface area contributed by atoms with Gasteiger partial charge in [0.2, 0.25) is 0 Å². The molecule has 3 rings (SSSR count). The van der Waals surface area contributed by atoms with E-state index in [2.05, 4.69) is 14.3 Å². The molecule has 0 unspecified atom stereocenters. The van der Waals surface area contributed by atoms with Gasteiger partial charge in [-0.1, -0.05) is 36.0 Å². The monoisotopic (exact) mass is 396 g/mol. The summed E-state index contributed by atoms with van der Waals surface area (Å²) in [5.41, 5.74) is 3.64. The van der Waals surface area contributed by atoms with Crippen molar-refractivity contribution in [3.8, 4) is 0 Å². The Morgan fingerprint density at radius 1 is 1.14 bits per heavy atom. The quantitative estimate of drug-likeness (QED) is 0.317. The SMILES string of the molecule is COC(=O)CCCn1c(C)cc(C(=O)CSc2ccc3ccccc3n2)c1C. The van der Waals surface area contributed by atoms with Gasteiger partial charge in [0.25, 0.3) is 0 Å². The molecule has 5 nitrogen and oxygen atoms in total. The molecule has 2 aromatic heterocycles. The lowest BCUT2D eigenvalue weighted by molar-refractivity contribution is -0.140. The molecule has 0 amide bonds. The number of aromatic nitrogens is 2. The summed E-state index contributed by atoms with van der Waals surface area (Å²) in [6, 6.07) is 13.9. The zero-order valence-electron chi connectivity index (χ0n) is 16.4. The maximum Gasteiger partial charge on any atom is 0.305 e. The summed E-state index contributed by atoms with van der Waals surface area (Å²) in [5.74, 6) is 0.225. The number of aryl methyl sites for hydroxylation is 1. The fraction of sp³-hybridized carbons (Fsp3) is 0.318. The third-order valence-electron chi connectivity index (χ3n) is 4.79. The number of thioether (sulfide) groups is 1. The molecule has 0 aliphatic carbocycles. The van der Waals surface area contributed by atoms with Crippen LogP contribution in [0.25, 0.3) is 10.9 Å². The highest BCUT2D eigenvalue weighted by Gasteiger charge is 2.16. The molecule has 0 aliphatic heterocycles. The number of hydrogen-bond donors (Lipinski definition) is 0. The van der Waals surface area contributed by atoms with Crippen LogP contribution >= 0.6 is 11.8 Å². The molecule has 0 saturated heterocycles. The molecule has 1 aromatic carbocycles. The van der Waals surface area contributed by atoms with E-state index >= 15 is 0 Å². The fourth-order valence-corrected chi connectivity index (χ4v) is 4.02. The third kappa shape index (κ3) is 4.62. The molecule has 2 heterocycles. The molecule has 28 heavy (non-hydrogen) atoms. The zero-order valence-corrected chi connectivity index (χ0v) is 17.2. The second-order valence-corrected chi connectivity index (χ2v) is 7.67. The Bertz CT molecular complexity index is 1010. The number of Topliss-reactive ketones (excluding diaryl/α,β-unsaturated/α-hetero) is 1. The summed E-state index contributed by atoms with van der Waals surface area (Å²) >= 11 is 1.46. The van der Waals surface area contributed by atoms with Gasteiger partial charge in [0.15, 0.2) is 5.78 Å². The molecule has 0 fully saturated rings. The summed E-state index contributed by atoms with van der Waals surface area (Å²) in [6.07, 6.45) is 1.06. The summed E-state index contributed by atoms with van der Waals surface area (Å²) in [6.45, 7) is 4.64. The van der Waals surface area contributed by atoms with Gasteiger partial charge in [0.05, 0.1) is 23.4 Å². The van der Waals surface area contributed by atoms with Gasteiger partial charge in [-0.3, -0.25) is 9.59 Å². The average Bonchev–Trinajstić information content (AvgIpc) is 3.00. The molecule has 0 saturated carbocycles. The maximum absolute atomic E-state index is 12.8. The maximum atomic E-state index is 12.8. The lowest BCUT2D eigenvalue weighted by Gasteiger charge is -2.09. The van der Waals surface area contributed by atoms with Crippen molar-refractivity contribution in [3.63, 3.8) is 0 Å². The van der Waals surface area contributed by atoms with Crippen LogP contribution in [-0.4, -0.2) is 34.2 Å². The molecular weight excluding hydrogens is 372 g/mol. The summed E-state index contributed by atoms with van der Waals surface area (Å²) < 4.78 is 6.77. The van der Waals surface area contributed by atoms with Crippen molar-refractivity contribution in [1.29, 1.82) is 0 Å². The van der Waals surface area contributed by atoms with E-state index in [9.17, 15) is 9.59 Å². The minimum atomic E-state index is -0.210. The van der Waals surface area contributed by atoms with E-state index in [1.54, 1.807) is 0 Å². The second kappa shape index (κ2) is 9.06. The normalized spacial score (nSPS) is 11.0. The Morgan fingerprint density at radius 2 is 1.93 bits per heavy atom. The number of fused-ring (bicyclic) bond motifs is 1. The summed E-state index contributed by atoms with van der Waals surface area (Å²) in [5, 5.41) is 1.94. The summed E-state index contributed by atoms with van der Waals surface area (Å²) in [7, 11) is 1.40. The number of carbonyl (C=O) groups is 2. The zero-order chi connectivity index (χ0) is 20.1. The molecule has 3 aromatic rings. The van der Waals surface area contributed by atoms with Crippen LogP contribution in [0.4, 0.5) is 0 Å². The van der Waals surface area contributed by atoms with E-state index in [0.717, 1.165) is 32.9 Å².